The van der Waals surface area contributed by atoms with Crippen LogP contribution in [0.3, 0.4) is 0 Å². The Hall–Kier alpha value is -1.26. The lowest BCUT2D eigenvalue weighted by atomic mass is 10.2. The highest BCUT2D eigenvalue weighted by Gasteiger charge is 2.31. The minimum Gasteiger partial charge on any atom is -0.442 e. The lowest BCUT2D eigenvalue weighted by Gasteiger charge is -2.37. The Kier molecular flexibility index (Phi) is 3.33. The number of ether oxygens (including phenoxy) is 1. The smallest absolute Gasteiger partial charge is 0.322 e. The van der Waals surface area contributed by atoms with Gasteiger partial charge in [-0.25, -0.2) is 4.79 Å². The number of nitrogens with zero attached hydrogens (tertiary/aromatic N) is 2. The molecule has 1 heterocycles. The molecule has 0 bridgehead atoms. The van der Waals surface area contributed by atoms with E-state index in [4.69, 9.17) is 4.74 Å². The zero-order chi connectivity index (χ0) is 10.7. The third kappa shape index (κ3) is 2.16. The van der Waals surface area contributed by atoms with Crippen LogP contribution >= 0.6 is 0 Å². The van der Waals surface area contributed by atoms with Crippen LogP contribution in [0.1, 0.15) is 20.3 Å². The van der Waals surface area contributed by atoms with Crippen molar-refractivity contribution in [2.24, 2.45) is 0 Å². The van der Waals surface area contributed by atoms with Crippen molar-refractivity contribution < 1.29 is 14.3 Å². The molecular formula is C9H16N2O3. The van der Waals surface area contributed by atoms with Gasteiger partial charge >= 0.3 is 12.0 Å². The molecule has 80 valence electrons. The Labute approximate surface area is 83.6 Å². The molecule has 0 radical (unpaired) electrons. The van der Waals surface area contributed by atoms with Crippen LogP contribution in [-0.4, -0.2) is 48.2 Å². The van der Waals surface area contributed by atoms with Gasteiger partial charge in [0, 0.05) is 33.5 Å². The molecular weight excluding hydrogens is 184 g/mol. The standard InChI is InChI=1S/C9H16N2O3/c1-4-11-6-5-8(14-7(2)12)10(3)9(11)13/h8H,4-6H2,1-3H3. The molecule has 0 saturated carbocycles. The second-order valence-electron chi connectivity index (χ2n) is 3.33. The van der Waals surface area contributed by atoms with E-state index in [2.05, 4.69) is 0 Å². The topological polar surface area (TPSA) is 49.9 Å². The summed E-state index contributed by atoms with van der Waals surface area (Å²) < 4.78 is 5.01. The number of esters is 1. The van der Waals surface area contributed by atoms with Gasteiger partial charge in [0.25, 0.3) is 0 Å². The Balaban J connectivity index is 2.59. The molecule has 1 fully saturated rings. The van der Waals surface area contributed by atoms with E-state index >= 15 is 0 Å². The van der Waals surface area contributed by atoms with E-state index in [1.165, 1.54) is 11.8 Å². The van der Waals surface area contributed by atoms with E-state index in [1.54, 1.807) is 11.9 Å². The number of amides is 2. The Morgan fingerprint density at radius 1 is 1.64 bits per heavy atom. The van der Waals surface area contributed by atoms with E-state index in [9.17, 15) is 9.59 Å². The molecule has 0 aromatic carbocycles. The SMILES string of the molecule is CCN1CCC(OC(C)=O)N(C)C1=O. The van der Waals surface area contributed by atoms with Crippen LogP contribution in [0.4, 0.5) is 4.79 Å². The van der Waals surface area contributed by atoms with Crippen molar-refractivity contribution in [1.29, 1.82) is 0 Å². The summed E-state index contributed by atoms with van der Waals surface area (Å²) in [7, 11) is 1.65. The first-order valence-corrected chi connectivity index (χ1v) is 4.75. The van der Waals surface area contributed by atoms with Gasteiger partial charge in [-0.05, 0) is 6.92 Å². The van der Waals surface area contributed by atoms with Crippen LogP contribution in [0.5, 0.6) is 0 Å². The van der Waals surface area contributed by atoms with Crippen LogP contribution in [0.15, 0.2) is 0 Å². The minimum atomic E-state index is -0.400. The van der Waals surface area contributed by atoms with Crippen molar-refractivity contribution >= 4 is 12.0 Å². The van der Waals surface area contributed by atoms with E-state index in [0.717, 1.165) is 0 Å². The largest absolute Gasteiger partial charge is 0.442 e. The van der Waals surface area contributed by atoms with Crippen molar-refractivity contribution in [3.05, 3.63) is 0 Å². The van der Waals surface area contributed by atoms with Gasteiger partial charge in [-0.3, -0.25) is 9.69 Å². The summed E-state index contributed by atoms with van der Waals surface area (Å²) in [6.07, 6.45) is 0.276. The number of rotatable bonds is 2. The van der Waals surface area contributed by atoms with E-state index in [-0.39, 0.29) is 12.0 Å². The molecule has 5 nitrogen and oxygen atoms in total. The second kappa shape index (κ2) is 4.30. The maximum atomic E-state index is 11.6. The summed E-state index contributed by atoms with van der Waals surface area (Å²) in [5.41, 5.74) is 0. The van der Waals surface area contributed by atoms with Crippen LogP contribution in [0.25, 0.3) is 0 Å². The van der Waals surface area contributed by atoms with Crippen molar-refractivity contribution in [1.82, 2.24) is 9.80 Å². The van der Waals surface area contributed by atoms with Gasteiger partial charge in [0.2, 0.25) is 0 Å². The molecule has 0 aliphatic carbocycles. The number of hydrogen-bond acceptors (Lipinski definition) is 3. The molecule has 1 unspecified atom stereocenters. The van der Waals surface area contributed by atoms with Gasteiger partial charge < -0.3 is 9.64 Å². The summed E-state index contributed by atoms with van der Waals surface area (Å²) >= 11 is 0. The molecule has 1 aliphatic heterocycles. The van der Waals surface area contributed by atoms with Crippen molar-refractivity contribution in [2.75, 3.05) is 20.1 Å². The Morgan fingerprint density at radius 3 is 2.79 bits per heavy atom. The highest BCUT2D eigenvalue weighted by atomic mass is 16.6. The molecule has 14 heavy (non-hydrogen) atoms. The second-order valence-corrected chi connectivity index (χ2v) is 3.33. The maximum Gasteiger partial charge on any atom is 0.322 e. The van der Waals surface area contributed by atoms with E-state index in [0.29, 0.717) is 19.5 Å². The highest BCUT2D eigenvalue weighted by Crippen LogP contribution is 2.15. The number of carbonyl (C=O) groups excluding carboxylic acids is 2. The minimum absolute atomic E-state index is 0.0787. The molecule has 0 N–H and O–H groups in total. The first-order valence-electron chi connectivity index (χ1n) is 4.75. The lowest BCUT2D eigenvalue weighted by molar-refractivity contribution is -0.155. The monoisotopic (exact) mass is 200 g/mol. The van der Waals surface area contributed by atoms with Crippen molar-refractivity contribution in [3.8, 4) is 0 Å². The van der Waals surface area contributed by atoms with Gasteiger partial charge in [0.1, 0.15) is 0 Å². The first-order chi connectivity index (χ1) is 6.56. The summed E-state index contributed by atoms with van der Waals surface area (Å²) in [5, 5.41) is 0. The summed E-state index contributed by atoms with van der Waals surface area (Å²) in [4.78, 5) is 25.5. The first kappa shape index (κ1) is 10.8. The molecule has 1 rings (SSSR count). The third-order valence-electron chi connectivity index (χ3n) is 2.33. The van der Waals surface area contributed by atoms with E-state index in [1.807, 2.05) is 6.92 Å². The quantitative estimate of drug-likeness (QED) is 0.615. The van der Waals surface area contributed by atoms with Crippen LogP contribution < -0.4 is 0 Å². The predicted molar refractivity (Wildman–Crippen MR) is 50.6 cm³/mol. The van der Waals surface area contributed by atoms with Crippen LogP contribution in [-0.2, 0) is 9.53 Å². The maximum absolute atomic E-state index is 11.6. The summed E-state index contributed by atoms with van der Waals surface area (Å²) in [6.45, 7) is 4.62. The average Bonchev–Trinajstić information content (AvgIpc) is 2.13. The molecule has 2 amide bonds. The lowest BCUT2D eigenvalue weighted by Crippen LogP contribution is -2.53. The molecule has 5 heteroatoms. The third-order valence-corrected chi connectivity index (χ3v) is 2.33. The molecule has 0 aromatic rings. The van der Waals surface area contributed by atoms with E-state index < -0.39 is 6.23 Å². The average molecular weight is 200 g/mol. The normalized spacial score (nSPS) is 22.5. The molecule has 1 atom stereocenters. The fourth-order valence-electron chi connectivity index (χ4n) is 1.52. The number of carbonyl (C=O) groups is 2. The molecule has 0 aromatic heterocycles. The molecule has 0 spiro atoms. The number of urea groups is 1. The Morgan fingerprint density at radius 2 is 2.29 bits per heavy atom. The zero-order valence-corrected chi connectivity index (χ0v) is 8.82. The fourth-order valence-corrected chi connectivity index (χ4v) is 1.52. The molecule has 1 saturated heterocycles. The van der Waals surface area contributed by atoms with Gasteiger partial charge in [-0.1, -0.05) is 0 Å². The summed E-state index contributed by atoms with van der Waals surface area (Å²) in [5.74, 6) is -0.348. The highest BCUT2D eigenvalue weighted by molar-refractivity contribution is 5.75. The predicted octanol–water partition coefficient (Wildman–Crippen LogP) is 0.653. The van der Waals surface area contributed by atoms with Gasteiger partial charge in [0.15, 0.2) is 6.23 Å². The summed E-state index contributed by atoms with van der Waals surface area (Å²) in [6, 6.07) is -0.0787. The zero-order valence-electron chi connectivity index (χ0n) is 8.82. The fraction of sp³-hybridized carbons (Fsp3) is 0.778. The van der Waals surface area contributed by atoms with Crippen molar-refractivity contribution in [2.45, 2.75) is 26.5 Å². The van der Waals surface area contributed by atoms with Gasteiger partial charge in [-0.2, -0.15) is 0 Å². The Bertz CT molecular complexity index is 242. The van der Waals surface area contributed by atoms with Crippen molar-refractivity contribution in [3.63, 3.8) is 0 Å². The van der Waals surface area contributed by atoms with Crippen LogP contribution in [0, 0.1) is 0 Å². The van der Waals surface area contributed by atoms with Gasteiger partial charge in [-0.15, -0.1) is 0 Å². The van der Waals surface area contributed by atoms with Gasteiger partial charge in [0.05, 0.1) is 0 Å². The van der Waals surface area contributed by atoms with Crippen LogP contribution in [0.2, 0.25) is 0 Å². The number of hydrogen-bond donors (Lipinski definition) is 0. The molecule has 1 aliphatic rings.